The smallest absolute Gasteiger partial charge is 0.259 e. The van der Waals surface area contributed by atoms with Crippen LogP contribution in [0.25, 0.3) is 0 Å². The fourth-order valence-corrected chi connectivity index (χ4v) is 1.58. The summed E-state index contributed by atoms with van der Waals surface area (Å²) in [6.07, 6.45) is 3.28. The normalized spacial score (nSPS) is 10.4. The van der Waals surface area contributed by atoms with E-state index in [1.54, 1.807) is 7.05 Å². The predicted molar refractivity (Wildman–Crippen MR) is 68.4 cm³/mol. The summed E-state index contributed by atoms with van der Waals surface area (Å²) >= 11 is 0. The summed E-state index contributed by atoms with van der Waals surface area (Å²) in [6.45, 7) is 4.90. The minimum atomic E-state index is -0.754. The SMILES string of the molecule is CCCN(C)CCCCN(C)C(=N)C(=O)C=O. The van der Waals surface area contributed by atoms with E-state index in [9.17, 15) is 9.59 Å². The molecule has 0 saturated heterocycles. The molecule has 0 aliphatic rings. The standard InChI is InChI=1S/C12H23N3O2/c1-4-7-14(2)8-5-6-9-15(3)12(13)11(17)10-16/h10,13H,4-9H2,1-3H3. The highest BCUT2D eigenvalue weighted by Crippen LogP contribution is 1.97. The largest absolute Gasteiger partial charge is 0.357 e. The van der Waals surface area contributed by atoms with Gasteiger partial charge in [-0.1, -0.05) is 6.92 Å². The van der Waals surface area contributed by atoms with Crippen molar-refractivity contribution in [3.63, 3.8) is 0 Å². The van der Waals surface area contributed by atoms with Gasteiger partial charge in [-0.3, -0.25) is 15.0 Å². The second-order valence-corrected chi connectivity index (χ2v) is 4.26. The summed E-state index contributed by atoms with van der Waals surface area (Å²) in [5.41, 5.74) is 0. The van der Waals surface area contributed by atoms with E-state index in [1.165, 1.54) is 4.90 Å². The molecule has 0 bridgehead atoms. The molecule has 0 aliphatic heterocycles. The number of likely N-dealkylation sites (N-methyl/N-ethyl adjacent to an activating group) is 1. The second kappa shape index (κ2) is 8.87. The third kappa shape index (κ3) is 6.84. The van der Waals surface area contributed by atoms with Crippen LogP contribution in [0.1, 0.15) is 26.2 Å². The van der Waals surface area contributed by atoms with Crippen LogP contribution in [-0.2, 0) is 9.59 Å². The average molecular weight is 241 g/mol. The van der Waals surface area contributed by atoms with Gasteiger partial charge in [-0.2, -0.15) is 0 Å². The molecule has 0 heterocycles. The minimum absolute atomic E-state index is 0.188. The number of nitrogens with one attached hydrogen (secondary N) is 1. The van der Waals surface area contributed by atoms with Crippen LogP contribution in [-0.4, -0.2) is 61.4 Å². The van der Waals surface area contributed by atoms with Crippen LogP contribution < -0.4 is 0 Å². The first-order valence-electron chi connectivity index (χ1n) is 6.00. The van der Waals surface area contributed by atoms with Crippen LogP contribution in [0.15, 0.2) is 0 Å². The monoisotopic (exact) mass is 241 g/mol. The van der Waals surface area contributed by atoms with Crippen molar-refractivity contribution in [3.05, 3.63) is 0 Å². The third-order valence-electron chi connectivity index (χ3n) is 2.61. The molecule has 5 heteroatoms. The zero-order chi connectivity index (χ0) is 13.3. The van der Waals surface area contributed by atoms with Crippen molar-refractivity contribution in [2.45, 2.75) is 26.2 Å². The third-order valence-corrected chi connectivity index (χ3v) is 2.61. The molecule has 5 nitrogen and oxygen atoms in total. The van der Waals surface area contributed by atoms with Crippen molar-refractivity contribution >= 4 is 17.9 Å². The summed E-state index contributed by atoms with van der Waals surface area (Å²) in [5.74, 6) is -0.975. The highest BCUT2D eigenvalue weighted by atomic mass is 16.2. The van der Waals surface area contributed by atoms with Crippen molar-refractivity contribution in [2.75, 3.05) is 33.7 Å². The number of carbonyl (C=O) groups is 2. The van der Waals surface area contributed by atoms with E-state index < -0.39 is 5.78 Å². The van der Waals surface area contributed by atoms with Gasteiger partial charge in [0.25, 0.3) is 5.78 Å². The summed E-state index contributed by atoms with van der Waals surface area (Å²) in [4.78, 5) is 24.9. The van der Waals surface area contributed by atoms with Crippen LogP contribution in [0, 0.1) is 5.41 Å². The molecule has 0 aliphatic carbocycles. The fourth-order valence-electron chi connectivity index (χ4n) is 1.58. The van der Waals surface area contributed by atoms with Gasteiger partial charge < -0.3 is 9.80 Å². The van der Waals surface area contributed by atoms with Gasteiger partial charge in [-0.25, -0.2) is 0 Å². The molecule has 0 radical (unpaired) electrons. The van der Waals surface area contributed by atoms with Crippen LogP contribution in [0.2, 0.25) is 0 Å². The first-order valence-corrected chi connectivity index (χ1v) is 6.00. The van der Waals surface area contributed by atoms with E-state index in [0.29, 0.717) is 6.54 Å². The quantitative estimate of drug-likeness (QED) is 0.213. The zero-order valence-corrected chi connectivity index (χ0v) is 11.0. The number of rotatable bonds is 9. The predicted octanol–water partition coefficient (Wildman–Crippen LogP) is 0.785. The molecule has 0 amide bonds. The Morgan fingerprint density at radius 3 is 2.29 bits per heavy atom. The lowest BCUT2D eigenvalue weighted by Gasteiger charge is -2.19. The topological polar surface area (TPSA) is 64.5 Å². The molecule has 98 valence electrons. The lowest BCUT2D eigenvalue weighted by molar-refractivity contribution is -0.126. The number of nitrogens with zero attached hydrogens (tertiary/aromatic N) is 2. The maximum absolute atomic E-state index is 10.9. The molecular formula is C12H23N3O2. The molecule has 0 aromatic carbocycles. The van der Waals surface area contributed by atoms with E-state index in [2.05, 4.69) is 18.9 Å². The van der Waals surface area contributed by atoms with Crippen LogP contribution in [0.3, 0.4) is 0 Å². The number of Topliss-reactive ketones (excluding diaryl/α,β-unsaturated/α-hetero) is 1. The number of hydrogen-bond donors (Lipinski definition) is 1. The van der Waals surface area contributed by atoms with E-state index in [4.69, 9.17) is 5.41 Å². The van der Waals surface area contributed by atoms with Crippen LogP contribution in [0.4, 0.5) is 0 Å². The summed E-state index contributed by atoms with van der Waals surface area (Å²) in [7, 11) is 3.75. The van der Waals surface area contributed by atoms with Crippen LogP contribution in [0.5, 0.6) is 0 Å². The van der Waals surface area contributed by atoms with Gasteiger partial charge in [-0.15, -0.1) is 0 Å². The van der Waals surface area contributed by atoms with Gasteiger partial charge >= 0.3 is 0 Å². The minimum Gasteiger partial charge on any atom is -0.357 e. The maximum atomic E-state index is 10.9. The van der Waals surface area contributed by atoms with Gasteiger partial charge in [0.05, 0.1) is 0 Å². The number of amidine groups is 1. The molecule has 0 spiro atoms. The lowest BCUT2D eigenvalue weighted by Crippen LogP contribution is -2.34. The van der Waals surface area contributed by atoms with Crippen LogP contribution >= 0.6 is 0 Å². The fraction of sp³-hybridized carbons (Fsp3) is 0.750. The van der Waals surface area contributed by atoms with Crippen molar-refractivity contribution < 1.29 is 9.59 Å². The molecule has 0 unspecified atom stereocenters. The Morgan fingerprint density at radius 1 is 1.18 bits per heavy atom. The Labute approximate surface area is 103 Å². The van der Waals surface area contributed by atoms with Gasteiger partial charge in [0, 0.05) is 13.6 Å². The second-order valence-electron chi connectivity index (χ2n) is 4.26. The number of aldehydes is 1. The molecule has 1 N–H and O–H groups in total. The number of hydrogen-bond acceptors (Lipinski definition) is 4. The van der Waals surface area contributed by atoms with Crippen molar-refractivity contribution in [3.8, 4) is 0 Å². The summed E-state index contributed by atoms with van der Waals surface area (Å²) in [5, 5.41) is 7.42. The van der Waals surface area contributed by atoms with Crippen molar-refractivity contribution in [2.24, 2.45) is 0 Å². The van der Waals surface area contributed by atoms with Gasteiger partial charge in [-0.05, 0) is 39.4 Å². The Hall–Kier alpha value is -1.23. The van der Waals surface area contributed by atoms with Gasteiger partial charge in [0.15, 0.2) is 12.1 Å². The first-order chi connectivity index (χ1) is 8.02. The molecule has 0 atom stereocenters. The Bertz CT molecular complexity index is 266. The molecule has 17 heavy (non-hydrogen) atoms. The Balaban J connectivity index is 3.71. The number of ketones is 1. The van der Waals surface area contributed by atoms with E-state index in [0.717, 1.165) is 32.4 Å². The highest BCUT2D eigenvalue weighted by molar-refractivity contribution is 6.57. The first kappa shape index (κ1) is 15.8. The van der Waals surface area contributed by atoms with Gasteiger partial charge in [0.2, 0.25) is 0 Å². The summed E-state index contributed by atoms with van der Waals surface area (Å²) in [6, 6.07) is 0. The number of unbranched alkanes of at least 4 members (excludes halogenated alkanes) is 1. The average Bonchev–Trinajstić information content (AvgIpc) is 2.32. The van der Waals surface area contributed by atoms with Gasteiger partial charge in [0.1, 0.15) is 0 Å². The highest BCUT2D eigenvalue weighted by Gasteiger charge is 2.12. The van der Waals surface area contributed by atoms with Crippen molar-refractivity contribution in [1.82, 2.24) is 9.80 Å². The lowest BCUT2D eigenvalue weighted by atomic mass is 10.2. The van der Waals surface area contributed by atoms with E-state index in [1.807, 2.05) is 0 Å². The zero-order valence-electron chi connectivity index (χ0n) is 11.0. The number of carbonyl (C=O) groups excluding carboxylic acids is 2. The molecule has 0 saturated carbocycles. The van der Waals surface area contributed by atoms with E-state index >= 15 is 0 Å². The molecule has 0 aromatic heterocycles. The Kier molecular flexibility index (Phi) is 8.23. The maximum Gasteiger partial charge on any atom is 0.259 e. The molecule has 0 aromatic rings. The van der Waals surface area contributed by atoms with E-state index in [-0.39, 0.29) is 12.1 Å². The molecular weight excluding hydrogens is 218 g/mol. The summed E-state index contributed by atoms with van der Waals surface area (Å²) < 4.78 is 0. The van der Waals surface area contributed by atoms with Crippen molar-refractivity contribution in [1.29, 1.82) is 5.41 Å². The molecule has 0 fully saturated rings. The Morgan fingerprint density at radius 2 is 1.76 bits per heavy atom. The molecule has 0 rings (SSSR count).